The number of benzene rings is 1. The van der Waals surface area contributed by atoms with Gasteiger partial charge < -0.3 is 10.1 Å². The number of pyridine rings is 1. The third-order valence-electron chi connectivity index (χ3n) is 4.30. The van der Waals surface area contributed by atoms with Gasteiger partial charge in [0.05, 0.1) is 17.7 Å². The minimum absolute atomic E-state index is 0.144. The van der Waals surface area contributed by atoms with Gasteiger partial charge in [-0.05, 0) is 43.2 Å². The number of halogens is 1. The van der Waals surface area contributed by atoms with Crippen LogP contribution in [-0.2, 0) is 11.3 Å². The van der Waals surface area contributed by atoms with Gasteiger partial charge in [-0.2, -0.15) is 0 Å². The second kappa shape index (κ2) is 8.97. The maximum Gasteiger partial charge on any atom is 0.261 e. The minimum atomic E-state index is -0.318. The van der Waals surface area contributed by atoms with Gasteiger partial charge in [0.1, 0.15) is 0 Å². The van der Waals surface area contributed by atoms with Gasteiger partial charge in [0.15, 0.2) is 0 Å². The Morgan fingerprint density at radius 2 is 1.96 bits per heavy atom. The van der Waals surface area contributed by atoms with Crippen LogP contribution in [0.15, 0.2) is 41.0 Å². The molecule has 8 heteroatoms. The quantitative estimate of drug-likeness (QED) is 0.630. The van der Waals surface area contributed by atoms with E-state index < -0.39 is 0 Å². The SMILES string of the molecule is CCOc1cc(CNC(=O)CCCN2C(=O)c3ccc(Br)cc3C2=O)ccn1. The van der Waals surface area contributed by atoms with Crippen LogP contribution in [0.2, 0.25) is 0 Å². The Balaban J connectivity index is 1.46. The summed E-state index contributed by atoms with van der Waals surface area (Å²) >= 11 is 3.31. The lowest BCUT2D eigenvalue weighted by Crippen LogP contribution is -2.32. The van der Waals surface area contributed by atoms with Gasteiger partial charge in [-0.3, -0.25) is 19.3 Å². The van der Waals surface area contributed by atoms with E-state index in [4.69, 9.17) is 4.74 Å². The highest BCUT2D eigenvalue weighted by Gasteiger charge is 2.35. The number of ether oxygens (including phenoxy) is 1. The van der Waals surface area contributed by atoms with E-state index in [2.05, 4.69) is 26.2 Å². The average Bonchev–Trinajstić information content (AvgIpc) is 2.91. The van der Waals surface area contributed by atoms with Gasteiger partial charge in [-0.25, -0.2) is 4.98 Å². The first-order chi connectivity index (χ1) is 13.5. The molecule has 1 aliphatic rings. The average molecular weight is 446 g/mol. The van der Waals surface area contributed by atoms with E-state index in [1.807, 2.05) is 6.92 Å². The van der Waals surface area contributed by atoms with Crippen LogP contribution in [0.25, 0.3) is 0 Å². The molecule has 0 bridgehead atoms. The summed E-state index contributed by atoms with van der Waals surface area (Å²) < 4.78 is 6.08. The maximum absolute atomic E-state index is 12.4. The maximum atomic E-state index is 12.4. The first kappa shape index (κ1) is 20.0. The number of fused-ring (bicyclic) bond motifs is 1. The molecular formula is C20H20BrN3O4. The molecule has 1 aliphatic heterocycles. The topological polar surface area (TPSA) is 88.6 Å². The van der Waals surface area contributed by atoms with Crippen LogP contribution in [0.4, 0.5) is 0 Å². The predicted octanol–water partition coefficient (Wildman–Crippen LogP) is 2.94. The van der Waals surface area contributed by atoms with Crippen LogP contribution in [-0.4, -0.2) is 40.8 Å². The molecule has 3 rings (SSSR count). The number of nitrogens with zero attached hydrogens (tertiary/aromatic N) is 2. The summed E-state index contributed by atoms with van der Waals surface area (Å²) in [6.45, 7) is 2.98. The Labute approximate surface area is 171 Å². The fourth-order valence-corrected chi connectivity index (χ4v) is 3.30. The molecule has 2 heterocycles. The Hall–Kier alpha value is -2.74. The normalized spacial score (nSPS) is 12.9. The molecule has 0 spiro atoms. The molecule has 28 heavy (non-hydrogen) atoms. The van der Waals surface area contributed by atoms with Gasteiger partial charge in [0, 0.05) is 36.2 Å². The fraction of sp³-hybridized carbons (Fsp3) is 0.300. The zero-order chi connectivity index (χ0) is 20.1. The van der Waals surface area contributed by atoms with E-state index in [-0.39, 0.29) is 30.7 Å². The molecule has 0 unspecified atom stereocenters. The molecule has 146 valence electrons. The van der Waals surface area contributed by atoms with E-state index in [1.165, 1.54) is 4.90 Å². The molecule has 0 aliphatic carbocycles. The van der Waals surface area contributed by atoms with Gasteiger partial charge in [-0.1, -0.05) is 15.9 Å². The minimum Gasteiger partial charge on any atom is -0.478 e. The zero-order valence-corrected chi connectivity index (χ0v) is 17.0. The first-order valence-corrected chi connectivity index (χ1v) is 9.79. The summed E-state index contributed by atoms with van der Waals surface area (Å²) in [4.78, 5) is 42.1. The molecule has 1 aromatic heterocycles. The lowest BCUT2D eigenvalue weighted by Gasteiger charge is -2.13. The largest absolute Gasteiger partial charge is 0.478 e. The molecule has 0 fully saturated rings. The summed E-state index contributed by atoms with van der Waals surface area (Å²) in [6.07, 6.45) is 2.26. The Morgan fingerprint density at radius 1 is 1.18 bits per heavy atom. The smallest absolute Gasteiger partial charge is 0.261 e. The zero-order valence-electron chi connectivity index (χ0n) is 15.4. The molecule has 3 amide bonds. The van der Waals surface area contributed by atoms with Crippen LogP contribution >= 0.6 is 15.9 Å². The second-order valence-electron chi connectivity index (χ2n) is 6.27. The highest BCUT2D eigenvalue weighted by Crippen LogP contribution is 2.26. The second-order valence-corrected chi connectivity index (χ2v) is 7.18. The van der Waals surface area contributed by atoms with Crippen LogP contribution < -0.4 is 10.1 Å². The van der Waals surface area contributed by atoms with Gasteiger partial charge in [0.25, 0.3) is 11.8 Å². The number of aromatic nitrogens is 1. The van der Waals surface area contributed by atoms with Crippen molar-refractivity contribution in [3.05, 3.63) is 57.7 Å². The van der Waals surface area contributed by atoms with Crippen molar-refractivity contribution in [2.45, 2.75) is 26.3 Å². The Morgan fingerprint density at radius 3 is 2.75 bits per heavy atom. The van der Waals surface area contributed by atoms with Crippen LogP contribution in [0.1, 0.15) is 46.0 Å². The van der Waals surface area contributed by atoms with Crippen molar-refractivity contribution in [2.75, 3.05) is 13.2 Å². The first-order valence-electron chi connectivity index (χ1n) is 8.99. The summed E-state index contributed by atoms with van der Waals surface area (Å²) in [5.41, 5.74) is 1.68. The lowest BCUT2D eigenvalue weighted by atomic mass is 10.1. The van der Waals surface area contributed by atoms with Crippen LogP contribution in [0.3, 0.4) is 0 Å². The predicted molar refractivity (Wildman–Crippen MR) is 106 cm³/mol. The highest BCUT2D eigenvalue weighted by atomic mass is 79.9. The van der Waals surface area contributed by atoms with Gasteiger partial charge >= 0.3 is 0 Å². The molecule has 0 radical (unpaired) electrons. The number of imide groups is 1. The standard InChI is InChI=1S/C20H20BrN3O4/c1-2-28-18-10-13(7-8-22-18)12-23-17(25)4-3-9-24-19(26)15-6-5-14(21)11-16(15)20(24)27/h5-8,10-11H,2-4,9,12H2,1H3,(H,23,25). The third kappa shape index (κ3) is 4.56. The highest BCUT2D eigenvalue weighted by molar-refractivity contribution is 9.10. The summed E-state index contributed by atoms with van der Waals surface area (Å²) in [7, 11) is 0. The molecule has 0 atom stereocenters. The summed E-state index contributed by atoms with van der Waals surface area (Å²) in [6, 6.07) is 8.60. The number of nitrogens with one attached hydrogen (secondary N) is 1. The van der Waals surface area contributed by atoms with Crippen molar-refractivity contribution in [3.8, 4) is 5.88 Å². The monoisotopic (exact) mass is 445 g/mol. The van der Waals surface area contributed by atoms with E-state index in [0.29, 0.717) is 36.6 Å². The van der Waals surface area contributed by atoms with E-state index >= 15 is 0 Å². The fourth-order valence-electron chi connectivity index (χ4n) is 2.94. The molecule has 1 N–H and O–H groups in total. The van der Waals surface area contributed by atoms with Crippen LogP contribution in [0, 0.1) is 0 Å². The molecule has 0 saturated carbocycles. The van der Waals surface area contributed by atoms with Crippen molar-refractivity contribution in [1.82, 2.24) is 15.2 Å². The summed E-state index contributed by atoms with van der Waals surface area (Å²) in [5, 5.41) is 2.82. The molecule has 0 saturated heterocycles. The van der Waals surface area contributed by atoms with Gasteiger partial charge in [-0.15, -0.1) is 0 Å². The molecule has 2 aromatic rings. The lowest BCUT2D eigenvalue weighted by molar-refractivity contribution is -0.121. The van der Waals surface area contributed by atoms with Crippen LogP contribution in [0.5, 0.6) is 5.88 Å². The number of hydrogen-bond donors (Lipinski definition) is 1. The third-order valence-corrected chi connectivity index (χ3v) is 4.79. The number of hydrogen-bond acceptors (Lipinski definition) is 5. The summed E-state index contributed by atoms with van der Waals surface area (Å²) in [5.74, 6) is -0.254. The number of amides is 3. The van der Waals surface area contributed by atoms with E-state index in [9.17, 15) is 14.4 Å². The number of carbonyl (C=O) groups is 3. The van der Waals surface area contributed by atoms with E-state index in [1.54, 1.807) is 36.5 Å². The van der Waals surface area contributed by atoms with Crippen molar-refractivity contribution in [1.29, 1.82) is 0 Å². The Kier molecular flexibility index (Phi) is 6.41. The van der Waals surface area contributed by atoms with Crippen molar-refractivity contribution < 1.29 is 19.1 Å². The Bertz CT molecular complexity index is 916. The van der Waals surface area contributed by atoms with Gasteiger partial charge in [0.2, 0.25) is 11.8 Å². The number of rotatable bonds is 8. The van der Waals surface area contributed by atoms with Crippen molar-refractivity contribution in [2.24, 2.45) is 0 Å². The van der Waals surface area contributed by atoms with E-state index in [0.717, 1.165) is 10.0 Å². The molecule has 1 aromatic carbocycles. The van der Waals surface area contributed by atoms with Crippen molar-refractivity contribution >= 4 is 33.7 Å². The molecule has 7 nitrogen and oxygen atoms in total. The van der Waals surface area contributed by atoms with Crippen molar-refractivity contribution in [3.63, 3.8) is 0 Å². The number of carbonyl (C=O) groups excluding carboxylic acids is 3. The molecular weight excluding hydrogens is 426 g/mol.